The first kappa shape index (κ1) is 13.6. The molecule has 0 aliphatic carbocycles. The summed E-state index contributed by atoms with van der Waals surface area (Å²) >= 11 is 6.08. The molecule has 0 bridgehead atoms. The lowest BCUT2D eigenvalue weighted by Crippen LogP contribution is -2.06. The van der Waals surface area contributed by atoms with E-state index >= 15 is 0 Å². The Hall–Kier alpha value is -1.81. The molecular formula is C9H3Br2N3O5. The van der Waals surface area contributed by atoms with E-state index in [0.29, 0.717) is 4.47 Å². The molecule has 0 unspecified atom stereocenters. The molecule has 2 rings (SSSR count). The van der Waals surface area contributed by atoms with E-state index in [-0.39, 0.29) is 15.4 Å². The molecule has 2 aromatic rings. The predicted molar refractivity (Wildman–Crippen MR) is 73.7 cm³/mol. The number of nitro benzene ring substituents is 1. The maximum atomic E-state index is 11.4. The molecule has 0 spiro atoms. The Balaban J connectivity index is 3.19. The minimum atomic E-state index is -0.958. The number of fused-ring (bicyclic) bond motifs is 1. The largest absolute Gasteiger partial charge is 0.501 e. The van der Waals surface area contributed by atoms with Crippen LogP contribution in [0.3, 0.4) is 0 Å². The third-order valence-electron chi connectivity index (χ3n) is 2.39. The molecule has 0 saturated carbocycles. The lowest BCUT2D eigenvalue weighted by atomic mass is 10.1. The lowest BCUT2D eigenvalue weighted by molar-refractivity contribution is -0.383. The molecule has 0 radical (unpaired) electrons. The number of aromatic hydroxyl groups is 1. The van der Waals surface area contributed by atoms with E-state index in [1.165, 1.54) is 6.07 Å². The summed E-state index contributed by atoms with van der Waals surface area (Å²) in [6, 6.07) is 1.36. The number of nitroso groups, excluding NO2 is 1. The summed E-state index contributed by atoms with van der Waals surface area (Å²) in [5.41, 5.74) is -2.09. The SMILES string of the molecule is O=Nc1c(O)c(=O)[nH]c2cc(Br)c(Br)c([N+](=O)[O-])c12. The van der Waals surface area contributed by atoms with Gasteiger partial charge in [-0.25, -0.2) is 0 Å². The van der Waals surface area contributed by atoms with Crippen LogP contribution in [0.2, 0.25) is 0 Å². The summed E-state index contributed by atoms with van der Waals surface area (Å²) in [6.07, 6.45) is 0. The molecule has 1 aromatic heterocycles. The fraction of sp³-hybridized carbons (Fsp3) is 0. The molecule has 0 atom stereocenters. The molecule has 2 N–H and O–H groups in total. The number of pyridine rings is 1. The second-order valence-electron chi connectivity index (χ2n) is 3.44. The molecule has 8 nitrogen and oxygen atoms in total. The van der Waals surface area contributed by atoms with Crippen LogP contribution in [0.5, 0.6) is 5.75 Å². The van der Waals surface area contributed by atoms with Crippen molar-refractivity contribution in [3.05, 3.63) is 40.4 Å². The maximum Gasteiger partial charge on any atom is 0.296 e. The first-order valence-electron chi connectivity index (χ1n) is 4.63. The van der Waals surface area contributed by atoms with Gasteiger partial charge in [-0.15, -0.1) is 4.91 Å². The van der Waals surface area contributed by atoms with Gasteiger partial charge in [0.15, 0.2) is 5.69 Å². The number of halogens is 2. The van der Waals surface area contributed by atoms with Crippen LogP contribution in [0.1, 0.15) is 0 Å². The first-order valence-corrected chi connectivity index (χ1v) is 6.21. The summed E-state index contributed by atoms with van der Waals surface area (Å²) in [5.74, 6) is -0.958. The predicted octanol–water partition coefficient (Wildman–Crippen LogP) is 3.06. The summed E-state index contributed by atoms with van der Waals surface area (Å²) < 4.78 is 0.381. The van der Waals surface area contributed by atoms with E-state index in [1.807, 2.05) is 0 Å². The number of nitrogens with one attached hydrogen (secondary N) is 1. The fourth-order valence-electron chi connectivity index (χ4n) is 1.62. The van der Waals surface area contributed by atoms with Gasteiger partial charge < -0.3 is 10.1 Å². The Morgan fingerprint density at radius 3 is 2.58 bits per heavy atom. The van der Waals surface area contributed by atoms with E-state index < -0.39 is 27.6 Å². The molecule has 98 valence electrons. The highest BCUT2D eigenvalue weighted by Crippen LogP contribution is 2.44. The standard InChI is InChI=1S/C9H3Br2N3O5/c10-2-1-3-4(7(5(2)11)14(18)19)6(13-17)8(15)9(16)12-3/h1,15H,(H,12,16). The van der Waals surface area contributed by atoms with Crippen LogP contribution in [0, 0.1) is 15.0 Å². The highest BCUT2D eigenvalue weighted by Gasteiger charge is 2.26. The van der Waals surface area contributed by atoms with Gasteiger partial charge in [-0.3, -0.25) is 14.9 Å². The van der Waals surface area contributed by atoms with Gasteiger partial charge in [0.05, 0.1) is 10.4 Å². The minimum absolute atomic E-state index is 0.0131. The number of nitrogens with zero attached hydrogens (tertiary/aromatic N) is 2. The van der Waals surface area contributed by atoms with Gasteiger partial charge in [0.1, 0.15) is 9.86 Å². The number of aromatic amines is 1. The van der Waals surface area contributed by atoms with Crippen molar-refractivity contribution >= 4 is 54.1 Å². The van der Waals surface area contributed by atoms with Crippen LogP contribution in [0.15, 0.2) is 25.0 Å². The van der Waals surface area contributed by atoms with Gasteiger partial charge in [-0.1, -0.05) is 0 Å². The molecular weight excluding hydrogens is 390 g/mol. The number of benzene rings is 1. The molecule has 10 heteroatoms. The van der Waals surface area contributed by atoms with Gasteiger partial charge >= 0.3 is 0 Å². The van der Waals surface area contributed by atoms with Crippen molar-refractivity contribution in [3.8, 4) is 5.75 Å². The second kappa shape index (κ2) is 4.70. The maximum absolute atomic E-state index is 11.4. The summed E-state index contributed by atoms with van der Waals surface area (Å²) in [7, 11) is 0. The molecule has 0 fully saturated rings. The Morgan fingerprint density at radius 1 is 1.42 bits per heavy atom. The van der Waals surface area contributed by atoms with Crippen molar-refractivity contribution in [1.29, 1.82) is 0 Å². The third kappa shape index (κ3) is 2.02. The molecule has 0 aliphatic heterocycles. The van der Waals surface area contributed by atoms with Crippen LogP contribution in [-0.2, 0) is 0 Å². The zero-order valence-electron chi connectivity index (χ0n) is 8.81. The average molecular weight is 393 g/mol. The smallest absolute Gasteiger partial charge is 0.296 e. The quantitative estimate of drug-likeness (QED) is 0.461. The third-order valence-corrected chi connectivity index (χ3v) is 4.35. The van der Waals surface area contributed by atoms with Crippen LogP contribution >= 0.6 is 31.9 Å². The van der Waals surface area contributed by atoms with Gasteiger partial charge in [-0.2, -0.15) is 0 Å². The van der Waals surface area contributed by atoms with E-state index in [0.717, 1.165) is 0 Å². The van der Waals surface area contributed by atoms with Crippen molar-refractivity contribution in [2.24, 2.45) is 5.18 Å². The van der Waals surface area contributed by atoms with E-state index in [1.54, 1.807) is 0 Å². The monoisotopic (exact) mass is 391 g/mol. The number of rotatable bonds is 2. The van der Waals surface area contributed by atoms with E-state index in [9.17, 15) is 24.9 Å². The molecule has 1 heterocycles. The second-order valence-corrected chi connectivity index (χ2v) is 5.09. The van der Waals surface area contributed by atoms with Crippen LogP contribution in [0.25, 0.3) is 10.9 Å². The van der Waals surface area contributed by atoms with E-state index in [4.69, 9.17) is 0 Å². The molecule has 1 aromatic carbocycles. The number of nitro groups is 1. The molecule has 19 heavy (non-hydrogen) atoms. The Kier molecular flexibility index (Phi) is 3.37. The topological polar surface area (TPSA) is 126 Å². The van der Waals surface area contributed by atoms with Crippen molar-refractivity contribution < 1.29 is 10.0 Å². The van der Waals surface area contributed by atoms with Crippen LogP contribution in [0.4, 0.5) is 11.4 Å². The van der Waals surface area contributed by atoms with Crippen LogP contribution < -0.4 is 5.56 Å². The fourth-order valence-corrected chi connectivity index (χ4v) is 2.49. The van der Waals surface area contributed by atoms with Gasteiger partial charge in [0, 0.05) is 4.47 Å². The number of aromatic nitrogens is 1. The Labute approximate surface area is 120 Å². The van der Waals surface area contributed by atoms with Gasteiger partial charge in [0.2, 0.25) is 5.75 Å². The number of hydrogen-bond donors (Lipinski definition) is 2. The molecule has 0 aliphatic rings. The van der Waals surface area contributed by atoms with Crippen molar-refractivity contribution in [2.45, 2.75) is 0 Å². The summed E-state index contributed by atoms with van der Waals surface area (Å²) in [6.45, 7) is 0. The normalized spacial score (nSPS) is 10.6. The van der Waals surface area contributed by atoms with Gasteiger partial charge in [0.25, 0.3) is 11.2 Å². The van der Waals surface area contributed by atoms with E-state index in [2.05, 4.69) is 42.0 Å². The Bertz CT molecular complexity index is 786. The average Bonchev–Trinajstić information content (AvgIpc) is 2.33. The first-order chi connectivity index (χ1) is 8.88. The number of hydrogen-bond acceptors (Lipinski definition) is 6. The number of H-pyrrole nitrogens is 1. The molecule has 0 amide bonds. The minimum Gasteiger partial charge on any atom is -0.501 e. The Morgan fingerprint density at radius 2 is 2.05 bits per heavy atom. The zero-order valence-corrected chi connectivity index (χ0v) is 12.0. The van der Waals surface area contributed by atoms with Gasteiger partial charge in [-0.05, 0) is 43.1 Å². The van der Waals surface area contributed by atoms with Crippen molar-refractivity contribution in [2.75, 3.05) is 0 Å². The highest BCUT2D eigenvalue weighted by molar-refractivity contribution is 9.13. The van der Waals surface area contributed by atoms with Crippen molar-refractivity contribution in [1.82, 2.24) is 4.98 Å². The van der Waals surface area contributed by atoms with Crippen LogP contribution in [-0.4, -0.2) is 15.0 Å². The lowest BCUT2D eigenvalue weighted by Gasteiger charge is -2.06. The highest BCUT2D eigenvalue weighted by atomic mass is 79.9. The molecule has 0 saturated heterocycles. The zero-order chi connectivity index (χ0) is 14.3. The summed E-state index contributed by atoms with van der Waals surface area (Å²) in [4.78, 5) is 34.7. The van der Waals surface area contributed by atoms with Crippen molar-refractivity contribution in [3.63, 3.8) is 0 Å². The summed E-state index contributed by atoms with van der Waals surface area (Å²) in [5, 5.41) is 22.8.